The fourth-order valence-corrected chi connectivity index (χ4v) is 1.73. The van der Waals surface area contributed by atoms with Crippen LogP contribution in [0.2, 0.25) is 0 Å². The molecule has 0 aromatic carbocycles. The summed E-state index contributed by atoms with van der Waals surface area (Å²) in [7, 11) is 0. The lowest BCUT2D eigenvalue weighted by Crippen LogP contribution is -2.38. The van der Waals surface area contributed by atoms with Crippen molar-refractivity contribution in [3.05, 3.63) is 0 Å². The lowest BCUT2D eigenvalue weighted by Gasteiger charge is -2.16. The van der Waals surface area contributed by atoms with Gasteiger partial charge in [0.2, 0.25) is 5.91 Å². The van der Waals surface area contributed by atoms with Crippen LogP contribution in [-0.2, 0) is 4.79 Å². The van der Waals surface area contributed by atoms with Gasteiger partial charge in [0.25, 0.3) is 0 Å². The largest absolute Gasteiger partial charge is 0.397 e. The van der Waals surface area contributed by atoms with Crippen LogP contribution in [0.1, 0.15) is 25.7 Å². The molecule has 6 heteroatoms. The van der Waals surface area contributed by atoms with Gasteiger partial charge >= 0.3 is 6.18 Å². The number of nitriles is 1. The molecule has 0 radical (unpaired) electrons. The summed E-state index contributed by atoms with van der Waals surface area (Å²) < 4.78 is 35.5. The fourth-order valence-electron chi connectivity index (χ4n) is 1.73. The molecule has 2 unspecified atom stereocenters. The molecule has 84 valence electrons. The Kier molecular flexibility index (Phi) is 3.56. The number of alkyl halides is 3. The Balaban J connectivity index is 2.42. The number of amides is 1. The molecule has 0 saturated heterocycles. The lowest BCUT2D eigenvalue weighted by molar-refractivity contribution is -0.154. The molecule has 0 spiro atoms. The van der Waals surface area contributed by atoms with E-state index in [2.05, 4.69) is 5.32 Å². The number of hydrogen-bond donors (Lipinski definition) is 1. The highest BCUT2D eigenvalue weighted by Gasteiger charge is 2.34. The molecule has 0 aromatic rings. The monoisotopic (exact) mass is 220 g/mol. The summed E-state index contributed by atoms with van der Waals surface area (Å²) in [6, 6.07) is 1.57. The van der Waals surface area contributed by atoms with E-state index in [4.69, 9.17) is 5.26 Å². The summed E-state index contributed by atoms with van der Waals surface area (Å²) in [5.41, 5.74) is 0. The second-order valence-corrected chi connectivity index (χ2v) is 3.63. The number of carbonyl (C=O) groups is 1. The van der Waals surface area contributed by atoms with E-state index in [9.17, 15) is 18.0 Å². The van der Waals surface area contributed by atoms with Crippen molar-refractivity contribution in [2.24, 2.45) is 5.92 Å². The van der Waals surface area contributed by atoms with E-state index in [1.165, 1.54) is 0 Å². The van der Waals surface area contributed by atoms with E-state index in [0.29, 0.717) is 12.8 Å². The Morgan fingerprint density at radius 2 is 2.13 bits per heavy atom. The zero-order valence-corrected chi connectivity index (χ0v) is 7.97. The van der Waals surface area contributed by atoms with Crippen LogP contribution >= 0.6 is 0 Å². The summed E-state index contributed by atoms with van der Waals surface area (Å²) in [6.07, 6.45) is -3.95. The number of nitrogens with one attached hydrogen (secondary N) is 1. The van der Waals surface area contributed by atoms with Crippen molar-refractivity contribution in [1.29, 1.82) is 5.26 Å². The average Bonchev–Trinajstić information content (AvgIpc) is 2.48. The molecular formula is C9H11F3N2O. The van der Waals surface area contributed by atoms with Crippen LogP contribution in [0.5, 0.6) is 0 Å². The maximum Gasteiger partial charge on any atom is 0.397 e. The van der Waals surface area contributed by atoms with Gasteiger partial charge < -0.3 is 5.32 Å². The lowest BCUT2D eigenvalue weighted by atomic mass is 10.1. The Hall–Kier alpha value is -1.25. The van der Waals surface area contributed by atoms with E-state index in [1.54, 1.807) is 0 Å². The van der Waals surface area contributed by atoms with Crippen molar-refractivity contribution >= 4 is 5.91 Å². The van der Waals surface area contributed by atoms with E-state index < -0.39 is 24.5 Å². The van der Waals surface area contributed by atoms with E-state index in [0.717, 1.165) is 6.42 Å². The van der Waals surface area contributed by atoms with Gasteiger partial charge in [0.05, 0.1) is 12.0 Å². The van der Waals surface area contributed by atoms with Gasteiger partial charge in [-0.2, -0.15) is 18.4 Å². The van der Waals surface area contributed by atoms with Gasteiger partial charge in [-0.05, 0) is 19.3 Å². The molecule has 0 aromatic heterocycles. The number of hydrogen-bond acceptors (Lipinski definition) is 2. The highest BCUT2D eigenvalue weighted by atomic mass is 19.4. The van der Waals surface area contributed by atoms with Gasteiger partial charge in [-0.25, -0.2) is 0 Å². The van der Waals surface area contributed by atoms with Crippen molar-refractivity contribution in [3.63, 3.8) is 0 Å². The Morgan fingerprint density at radius 3 is 2.67 bits per heavy atom. The van der Waals surface area contributed by atoms with Crippen LogP contribution in [0.4, 0.5) is 13.2 Å². The Labute approximate surface area is 85.3 Å². The van der Waals surface area contributed by atoms with Crippen molar-refractivity contribution in [1.82, 2.24) is 5.32 Å². The van der Waals surface area contributed by atoms with Gasteiger partial charge in [0.1, 0.15) is 6.42 Å². The third-order valence-corrected chi connectivity index (χ3v) is 2.39. The topological polar surface area (TPSA) is 52.9 Å². The maximum atomic E-state index is 11.8. The van der Waals surface area contributed by atoms with Gasteiger partial charge in [0, 0.05) is 6.04 Å². The normalized spacial score (nSPS) is 26.0. The third kappa shape index (κ3) is 3.78. The minimum Gasteiger partial charge on any atom is -0.352 e. The second-order valence-electron chi connectivity index (χ2n) is 3.63. The predicted molar refractivity (Wildman–Crippen MR) is 45.6 cm³/mol. The van der Waals surface area contributed by atoms with Gasteiger partial charge in [-0.1, -0.05) is 0 Å². The van der Waals surface area contributed by atoms with Crippen LogP contribution < -0.4 is 5.32 Å². The number of rotatable bonds is 2. The zero-order valence-electron chi connectivity index (χ0n) is 7.97. The summed E-state index contributed by atoms with van der Waals surface area (Å²) in [5, 5.41) is 10.9. The zero-order chi connectivity index (χ0) is 11.5. The van der Waals surface area contributed by atoms with Gasteiger partial charge in [0.15, 0.2) is 0 Å². The number of halogens is 3. The predicted octanol–water partition coefficient (Wildman–Crippen LogP) is 1.75. The third-order valence-electron chi connectivity index (χ3n) is 2.39. The molecular weight excluding hydrogens is 209 g/mol. The summed E-state index contributed by atoms with van der Waals surface area (Å²) >= 11 is 0. The average molecular weight is 220 g/mol. The summed E-state index contributed by atoms with van der Waals surface area (Å²) in [5.74, 6) is -1.39. The van der Waals surface area contributed by atoms with Gasteiger partial charge in [-0.15, -0.1) is 0 Å². The molecule has 1 fully saturated rings. The number of nitrogens with zero attached hydrogens (tertiary/aromatic N) is 1. The number of carbonyl (C=O) groups excluding carboxylic acids is 1. The first-order valence-corrected chi connectivity index (χ1v) is 4.68. The quantitative estimate of drug-likeness (QED) is 0.770. The van der Waals surface area contributed by atoms with Crippen LogP contribution in [0.15, 0.2) is 0 Å². The first-order chi connectivity index (χ1) is 6.92. The molecule has 1 aliphatic rings. The Morgan fingerprint density at radius 1 is 1.47 bits per heavy atom. The molecule has 2 atom stereocenters. The molecule has 1 rings (SSSR count). The first kappa shape index (κ1) is 11.8. The highest BCUT2D eigenvalue weighted by Crippen LogP contribution is 2.26. The van der Waals surface area contributed by atoms with E-state index in [-0.39, 0.29) is 5.92 Å². The smallest absolute Gasteiger partial charge is 0.352 e. The van der Waals surface area contributed by atoms with Crippen LogP contribution in [-0.4, -0.2) is 18.1 Å². The molecule has 3 nitrogen and oxygen atoms in total. The summed E-state index contributed by atoms with van der Waals surface area (Å²) in [6.45, 7) is 0. The van der Waals surface area contributed by atoms with Gasteiger partial charge in [-0.3, -0.25) is 4.79 Å². The summed E-state index contributed by atoms with van der Waals surface area (Å²) in [4.78, 5) is 10.9. The van der Waals surface area contributed by atoms with Crippen LogP contribution in [0.25, 0.3) is 0 Å². The Bertz CT molecular complexity index is 282. The van der Waals surface area contributed by atoms with Crippen molar-refractivity contribution in [2.45, 2.75) is 37.9 Å². The van der Waals surface area contributed by atoms with Crippen LogP contribution in [0.3, 0.4) is 0 Å². The van der Waals surface area contributed by atoms with Crippen molar-refractivity contribution < 1.29 is 18.0 Å². The molecule has 0 aliphatic heterocycles. The molecule has 1 amide bonds. The fraction of sp³-hybridized carbons (Fsp3) is 0.778. The minimum atomic E-state index is -4.48. The molecule has 1 saturated carbocycles. The molecule has 1 N–H and O–H groups in total. The molecule has 15 heavy (non-hydrogen) atoms. The highest BCUT2D eigenvalue weighted by molar-refractivity contribution is 5.77. The molecule has 1 aliphatic carbocycles. The van der Waals surface area contributed by atoms with E-state index >= 15 is 0 Å². The van der Waals surface area contributed by atoms with E-state index in [1.807, 2.05) is 6.07 Å². The van der Waals surface area contributed by atoms with Crippen molar-refractivity contribution in [3.8, 4) is 6.07 Å². The van der Waals surface area contributed by atoms with Crippen LogP contribution in [0, 0.1) is 17.2 Å². The van der Waals surface area contributed by atoms with Crippen molar-refractivity contribution in [2.75, 3.05) is 0 Å². The second kappa shape index (κ2) is 4.51. The molecule has 0 bridgehead atoms. The minimum absolute atomic E-state index is 0.345. The standard InChI is InChI=1S/C9H11F3N2O/c10-9(11,12)4-8(15)14-7-3-1-2-6(7)5-13/h6-7H,1-4H2,(H,14,15). The molecule has 0 heterocycles. The maximum absolute atomic E-state index is 11.8. The first-order valence-electron chi connectivity index (χ1n) is 4.68. The SMILES string of the molecule is N#CC1CCCC1NC(=O)CC(F)(F)F.